The minimum atomic E-state index is 0.0375. The van der Waals surface area contributed by atoms with Crippen LogP contribution in [0.1, 0.15) is 45.7 Å². The minimum Gasteiger partial charge on any atom is -0.261 e. The first kappa shape index (κ1) is 12.2. The van der Waals surface area contributed by atoms with E-state index in [0.29, 0.717) is 0 Å². The number of rotatable bonds is 3. The van der Waals surface area contributed by atoms with Crippen LogP contribution >= 0.6 is 22.9 Å². The summed E-state index contributed by atoms with van der Waals surface area (Å²) in [5, 5.41) is 0.0375. The van der Waals surface area contributed by atoms with Gasteiger partial charge in [-0.2, -0.15) is 0 Å². The smallest absolute Gasteiger partial charge is 0.0759 e. The molecule has 2 heterocycles. The van der Waals surface area contributed by atoms with Gasteiger partial charge in [0.1, 0.15) is 0 Å². The van der Waals surface area contributed by atoms with Gasteiger partial charge in [-0.05, 0) is 43.0 Å². The van der Waals surface area contributed by atoms with Gasteiger partial charge in [0.05, 0.1) is 5.38 Å². The highest BCUT2D eigenvalue weighted by Crippen LogP contribution is 2.42. The van der Waals surface area contributed by atoms with Crippen LogP contribution in [0.25, 0.3) is 0 Å². The first-order valence-electron chi connectivity index (χ1n) is 6.42. The van der Waals surface area contributed by atoms with Crippen LogP contribution in [-0.2, 0) is 12.8 Å². The van der Waals surface area contributed by atoms with Crippen molar-refractivity contribution in [3.8, 4) is 0 Å². The van der Waals surface area contributed by atoms with Gasteiger partial charge in [0.25, 0.3) is 0 Å². The number of nitrogens with zero attached hydrogens (tertiary/aromatic N) is 1. The fourth-order valence-corrected chi connectivity index (χ4v) is 4.20. The lowest BCUT2D eigenvalue weighted by atomic mass is 10.0. The van der Waals surface area contributed by atoms with Crippen LogP contribution in [0.4, 0.5) is 0 Å². The highest BCUT2D eigenvalue weighted by atomic mass is 35.5. The molecule has 3 rings (SSSR count). The van der Waals surface area contributed by atoms with Crippen LogP contribution < -0.4 is 0 Å². The summed E-state index contributed by atoms with van der Waals surface area (Å²) in [6.07, 6.45) is 5.61. The third kappa shape index (κ3) is 2.19. The summed E-state index contributed by atoms with van der Waals surface area (Å²) in [7, 11) is 0. The third-order valence-electron chi connectivity index (χ3n) is 3.63. The molecule has 0 radical (unpaired) electrons. The van der Waals surface area contributed by atoms with Crippen LogP contribution in [0, 0.1) is 0 Å². The molecular formula is C15H16ClNS. The Morgan fingerprint density at radius 3 is 2.94 bits per heavy atom. The molecule has 0 spiro atoms. The molecule has 0 fully saturated rings. The van der Waals surface area contributed by atoms with Crippen LogP contribution in [0.5, 0.6) is 0 Å². The van der Waals surface area contributed by atoms with E-state index >= 15 is 0 Å². The van der Waals surface area contributed by atoms with E-state index in [-0.39, 0.29) is 11.3 Å². The second kappa shape index (κ2) is 5.02. The molecule has 18 heavy (non-hydrogen) atoms. The lowest BCUT2D eigenvalue weighted by Crippen LogP contribution is -2.03. The largest absolute Gasteiger partial charge is 0.261 e. The summed E-state index contributed by atoms with van der Waals surface area (Å²) in [6.45, 7) is 2.16. The quantitative estimate of drug-likeness (QED) is 0.740. The summed E-state index contributed by atoms with van der Waals surface area (Å²) in [6, 6.07) is 8.33. The van der Waals surface area contributed by atoms with Crippen molar-refractivity contribution in [2.75, 3.05) is 0 Å². The monoisotopic (exact) mass is 277 g/mol. The number of halogens is 1. The number of pyridine rings is 1. The van der Waals surface area contributed by atoms with E-state index in [0.717, 1.165) is 5.69 Å². The van der Waals surface area contributed by atoms with E-state index in [1.807, 2.05) is 29.7 Å². The van der Waals surface area contributed by atoms with Gasteiger partial charge in [-0.1, -0.05) is 13.0 Å². The predicted molar refractivity (Wildman–Crippen MR) is 77.6 cm³/mol. The molecule has 0 aliphatic heterocycles. The zero-order valence-electron chi connectivity index (χ0n) is 10.4. The van der Waals surface area contributed by atoms with Gasteiger partial charge in [-0.3, -0.25) is 4.98 Å². The predicted octanol–water partition coefficient (Wildman–Crippen LogP) is 4.72. The van der Waals surface area contributed by atoms with Crippen molar-refractivity contribution in [1.29, 1.82) is 0 Å². The molecular weight excluding hydrogens is 262 g/mol. The third-order valence-corrected chi connectivity index (χ3v) is 5.69. The Balaban J connectivity index is 1.83. The highest BCUT2D eigenvalue weighted by molar-refractivity contribution is 7.12. The Bertz CT molecular complexity index is 513. The Hall–Kier alpha value is -0.860. The maximum Gasteiger partial charge on any atom is 0.0759 e. The maximum absolute atomic E-state index is 6.63. The number of fused-ring (bicyclic) bond motifs is 1. The normalized spacial score (nSPS) is 17.4. The fourth-order valence-electron chi connectivity index (χ4n) is 2.53. The molecule has 0 N–H and O–H groups in total. The van der Waals surface area contributed by atoms with Crippen molar-refractivity contribution in [3.63, 3.8) is 0 Å². The summed E-state index contributed by atoms with van der Waals surface area (Å²) in [5.41, 5.74) is 2.60. The molecule has 0 aromatic carbocycles. The van der Waals surface area contributed by atoms with Crippen LogP contribution in [0.3, 0.4) is 0 Å². The first-order chi connectivity index (χ1) is 8.75. The van der Waals surface area contributed by atoms with Crippen LogP contribution in [0.2, 0.25) is 0 Å². The molecule has 0 bridgehead atoms. The molecule has 2 unspecified atom stereocenters. The van der Waals surface area contributed by atoms with Gasteiger partial charge in [0, 0.05) is 27.6 Å². The lowest BCUT2D eigenvalue weighted by Gasteiger charge is -2.16. The molecule has 1 aliphatic carbocycles. The zero-order valence-corrected chi connectivity index (χ0v) is 12.0. The highest BCUT2D eigenvalue weighted by Gasteiger charge is 2.24. The van der Waals surface area contributed by atoms with E-state index in [2.05, 4.69) is 24.0 Å². The number of aryl methyl sites for hydroxylation is 2. The average Bonchev–Trinajstić information content (AvgIpc) is 2.99. The molecule has 1 aliphatic rings. The second-order valence-corrected chi connectivity index (χ2v) is 6.53. The van der Waals surface area contributed by atoms with Crippen LogP contribution in [0.15, 0.2) is 30.5 Å². The van der Waals surface area contributed by atoms with Gasteiger partial charge in [0.15, 0.2) is 0 Å². The molecule has 2 aromatic heterocycles. The number of aromatic nitrogens is 1. The molecule has 0 amide bonds. The molecule has 2 atom stereocenters. The van der Waals surface area contributed by atoms with Crippen molar-refractivity contribution < 1.29 is 0 Å². The van der Waals surface area contributed by atoms with E-state index in [4.69, 9.17) is 11.6 Å². The summed E-state index contributed by atoms with van der Waals surface area (Å²) < 4.78 is 0. The lowest BCUT2D eigenvalue weighted by molar-refractivity contribution is 0.714. The molecule has 3 heteroatoms. The van der Waals surface area contributed by atoms with Gasteiger partial charge in [0.2, 0.25) is 0 Å². The minimum absolute atomic E-state index is 0.0375. The van der Waals surface area contributed by atoms with Crippen molar-refractivity contribution >= 4 is 22.9 Å². The second-order valence-electron chi connectivity index (χ2n) is 4.90. The van der Waals surface area contributed by atoms with E-state index in [1.165, 1.54) is 29.7 Å². The van der Waals surface area contributed by atoms with Gasteiger partial charge in [-0.25, -0.2) is 0 Å². The molecule has 1 nitrogen and oxygen atoms in total. The molecule has 2 aromatic rings. The Kier molecular flexibility index (Phi) is 3.40. The maximum atomic E-state index is 6.63. The fraction of sp³-hybridized carbons (Fsp3) is 0.400. The summed E-state index contributed by atoms with van der Waals surface area (Å²) in [4.78, 5) is 7.26. The van der Waals surface area contributed by atoms with Gasteiger partial charge >= 0.3 is 0 Å². The van der Waals surface area contributed by atoms with E-state index in [9.17, 15) is 0 Å². The number of thiophene rings is 1. The van der Waals surface area contributed by atoms with Crippen molar-refractivity contribution in [3.05, 3.63) is 51.5 Å². The van der Waals surface area contributed by atoms with Crippen molar-refractivity contribution in [1.82, 2.24) is 4.98 Å². The van der Waals surface area contributed by atoms with Crippen LogP contribution in [-0.4, -0.2) is 4.98 Å². The summed E-state index contributed by atoms with van der Waals surface area (Å²) in [5.74, 6) is 0.256. The number of hydrogen-bond donors (Lipinski definition) is 0. The number of hydrogen-bond acceptors (Lipinski definition) is 2. The van der Waals surface area contributed by atoms with Gasteiger partial charge < -0.3 is 0 Å². The van der Waals surface area contributed by atoms with Crippen molar-refractivity contribution in [2.45, 2.75) is 37.5 Å². The first-order valence-corrected chi connectivity index (χ1v) is 7.67. The average molecular weight is 278 g/mol. The molecule has 0 saturated carbocycles. The molecule has 0 saturated heterocycles. The van der Waals surface area contributed by atoms with Crippen molar-refractivity contribution in [2.24, 2.45) is 0 Å². The Morgan fingerprint density at radius 1 is 1.33 bits per heavy atom. The Labute approximate surface area is 117 Å². The zero-order chi connectivity index (χ0) is 12.5. The van der Waals surface area contributed by atoms with E-state index < -0.39 is 0 Å². The van der Waals surface area contributed by atoms with E-state index in [1.54, 1.807) is 4.88 Å². The van der Waals surface area contributed by atoms with Gasteiger partial charge in [-0.15, -0.1) is 22.9 Å². The standard InChI is InChI=1S/C15H16ClNS/c1-10(12-6-2-3-8-17-12)15(16)14-9-11-5-4-7-13(11)18-14/h2-3,6,8-10,15H,4-5,7H2,1H3. The molecule has 94 valence electrons. The topological polar surface area (TPSA) is 12.9 Å². The SMILES string of the molecule is CC(c1ccccn1)C(Cl)c1cc2c(s1)CCC2. The Morgan fingerprint density at radius 2 is 2.22 bits per heavy atom. The summed E-state index contributed by atoms with van der Waals surface area (Å²) >= 11 is 8.52. The number of alkyl halides is 1.